The number of halogens is 1. The molecular formula is C19H17ClO. The number of ether oxygens (including phenoxy) is 1. The Bertz CT molecular complexity index is 671. The molecule has 0 saturated carbocycles. The molecule has 3 rings (SSSR count). The lowest BCUT2D eigenvalue weighted by molar-refractivity contribution is 0.356. The Morgan fingerprint density at radius 1 is 1.00 bits per heavy atom. The summed E-state index contributed by atoms with van der Waals surface area (Å²) in [7, 11) is 0. The zero-order valence-corrected chi connectivity index (χ0v) is 12.5. The van der Waals surface area contributed by atoms with E-state index in [1.54, 1.807) is 0 Å². The van der Waals surface area contributed by atoms with E-state index >= 15 is 0 Å². The van der Waals surface area contributed by atoms with Crippen LogP contribution in [0.1, 0.15) is 12.8 Å². The van der Waals surface area contributed by atoms with E-state index in [0.29, 0.717) is 6.61 Å². The van der Waals surface area contributed by atoms with E-state index in [1.165, 1.54) is 5.57 Å². The summed E-state index contributed by atoms with van der Waals surface area (Å²) < 4.78 is 6.01. The molecule has 1 nitrogen and oxygen atoms in total. The van der Waals surface area contributed by atoms with Gasteiger partial charge in [0.2, 0.25) is 0 Å². The van der Waals surface area contributed by atoms with Crippen molar-refractivity contribution in [3.63, 3.8) is 0 Å². The molecule has 0 radical (unpaired) electrons. The molecule has 21 heavy (non-hydrogen) atoms. The van der Waals surface area contributed by atoms with Crippen molar-refractivity contribution < 1.29 is 4.74 Å². The fourth-order valence-electron chi connectivity index (χ4n) is 2.41. The molecule has 0 aromatic heterocycles. The van der Waals surface area contributed by atoms with Crippen molar-refractivity contribution in [3.05, 3.63) is 77.4 Å². The molecule has 0 amide bonds. The number of hydrogen-bond donors (Lipinski definition) is 0. The van der Waals surface area contributed by atoms with Crippen molar-refractivity contribution in [2.75, 3.05) is 6.61 Å². The maximum absolute atomic E-state index is 6.14. The van der Waals surface area contributed by atoms with E-state index in [4.69, 9.17) is 16.3 Å². The highest BCUT2D eigenvalue weighted by molar-refractivity contribution is 6.31. The van der Waals surface area contributed by atoms with Gasteiger partial charge in [-0.1, -0.05) is 60.2 Å². The van der Waals surface area contributed by atoms with Gasteiger partial charge in [0, 0.05) is 10.6 Å². The Morgan fingerprint density at radius 3 is 2.62 bits per heavy atom. The maximum Gasteiger partial charge on any atom is 0.127 e. The molecular weight excluding hydrogens is 280 g/mol. The lowest BCUT2D eigenvalue weighted by Crippen LogP contribution is -2.02. The zero-order chi connectivity index (χ0) is 14.5. The van der Waals surface area contributed by atoms with Crippen LogP contribution in [0.4, 0.5) is 0 Å². The summed E-state index contributed by atoms with van der Waals surface area (Å²) >= 11 is 6.14. The lowest BCUT2D eigenvalue weighted by Gasteiger charge is -2.14. The second-order valence-electron chi connectivity index (χ2n) is 5.05. The number of hydrogen-bond acceptors (Lipinski definition) is 1. The average molecular weight is 297 g/mol. The molecule has 2 heteroatoms. The van der Waals surface area contributed by atoms with Gasteiger partial charge in [0.05, 0.1) is 0 Å². The highest BCUT2D eigenvalue weighted by Gasteiger charge is 2.08. The van der Waals surface area contributed by atoms with Crippen LogP contribution in [0.2, 0.25) is 5.02 Å². The monoisotopic (exact) mass is 296 g/mol. The van der Waals surface area contributed by atoms with E-state index in [1.807, 2.05) is 36.4 Å². The van der Waals surface area contributed by atoms with Gasteiger partial charge >= 0.3 is 0 Å². The minimum absolute atomic E-state index is 0.595. The van der Waals surface area contributed by atoms with Crippen LogP contribution in [-0.4, -0.2) is 6.61 Å². The van der Waals surface area contributed by atoms with E-state index in [-0.39, 0.29) is 0 Å². The number of benzene rings is 2. The minimum atomic E-state index is 0.595. The molecule has 0 bridgehead atoms. The molecule has 0 saturated heterocycles. The fraction of sp³-hybridized carbons (Fsp3) is 0.158. The molecule has 1 aliphatic carbocycles. The van der Waals surface area contributed by atoms with Crippen LogP contribution in [0.3, 0.4) is 0 Å². The Hall–Kier alpha value is -1.99. The fourth-order valence-corrected chi connectivity index (χ4v) is 2.58. The van der Waals surface area contributed by atoms with Crippen molar-refractivity contribution in [2.24, 2.45) is 0 Å². The minimum Gasteiger partial charge on any atom is -0.488 e. The van der Waals surface area contributed by atoms with Crippen molar-refractivity contribution in [1.82, 2.24) is 0 Å². The van der Waals surface area contributed by atoms with Gasteiger partial charge in [-0.15, -0.1) is 0 Å². The molecule has 0 heterocycles. The summed E-state index contributed by atoms with van der Waals surface area (Å²) in [6.45, 7) is 0.595. The van der Waals surface area contributed by atoms with Crippen LogP contribution in [0, 0.1) is 0 Å². The average Bonchev–Trinajstić information content (AvgIpc) is 2.55. The number of allylic oxidation sites excluding steroid dienone is 2. The summed E-state index contributed by atoms with van der Waals surface area (Å²) in [5, 5.41) is 0.720. The summed E-state index contributed by atoms with van der Waals surface area (Å²) in [5.41, 5.74) is 3.38. The highest BCUT2D eigenvalue weighted by Crippen LogP contribution is 2.32. The zero-order valence-electron chi connectivity index (χ0n) is 11.8. The molecule has 0 fully saturated rings. The van der Waals surface area contributed by atoms with E-state index < -0.39 is 0 Å². The van der Waals surface area contributed by atoms with Crippen LogP contribution >= 0.6 is 11.6 Å². The third-order valence-electron chi connectivity index (χ3n) is 3.49. The van der Waals surface area contributed by atoms with Gasteiger partial charge in [-0.3, -0.25) is 0 Å². The quantitative estimate of drug-likeness (QED) is 0.707. The molecule has 0 aliphatic heterocycles. The van der Waals surface area contributed by atoms with E-state index in [2.05, 4.69) is 30.4 Å². The lowest BCUT2D eigenvalue weighted by atomic mass is 10.0. The van der Waals surface area contributed by atoms with Gasteiger partial charge in [-0.05, 0) is 42.2 Å². The summed E-state index contributed by atoms with van der Waals surface area (Å²) in [4.78, 5) is 0. The van der Waals surface area contributed by atoms with Crippen LogP contribution in [-0.2, 0) is 0 Å². The second kappa shape index (κ2) is 6.64. The normalized spacial score (nSPS) is 13.9. The third kappa shape index (κ3) is 3.56. The maximum atomic E-state index is 6.14. The molecule has 0 atom stereocenters. The van der Waals surface area contributed by atoms with Crippen molar-refractivity contribution >= 4 is 11.6 Å². The Kier molecular flexibility index (Phi) is 4.42. The van der Waals surface area contributed by atoms with E-state index in [0.717, 1.165) is 34.7 Å². The highest BCUT2D eigenvalue weighted by atomic mass is 35.5. The summed E-state index contributed by atoms with van der Waals surface area (Å²) in [6.07, 6.45) is 8.79. The van der Waals surface area contributed by atoms with Crippen LogP contribution in [0.15, 0.2) is 72.3 Å². The smallest absolute Gasteiger partial charge is 0.127 e. The molecule has 106 valence electrons. The largest absolute Gasteiger partial charge is 0.488 e. The summed E-state index contributed by atoms with van der Waals surface area (Å²) in [6, 6.07) is 15.9. The summed E-state index contributed by atoms with van der Waals surface area (Å²) in [5.74, 6) is 0.866. The predicted molar refractivity (Wildman–Crippen MR) is 88.8 cm³/mol. The molecule has 0 N–H and O–H groups in total. The first-order valence-electron chi connectivity index (χ1n) is 7.16. The second-order valence-corrected chi connectivity index (χ2v) is 5.49. The van der Waals surface area contributed by atoms with Crippen LogP contribution in [0.25, 0.3) is 11.1 Å². The molecule has 0 unspecified atom stereocenters. The Morgan fingerprint density at radius 2 is 1.86 bits per heavy atom. The standard InChI is InChI=1S/C19H17ClO/c20-17-11-12-19(21-14-15-7-3-1-4-8-15)18(13-17)16-9-5-2-6-10-16/h2-3,5-13H,1,4,14H2. The first-order chi connectivity index (χ1) is 10.3. The van der Waals surface area contributed by atoms with Gasteiger partial charge in [-0.2, -0.15) is 0 Å². The first-order valence-corrected chi connectivity index (χ1v) is 7.54. The predicted octanol–water partition coefficient (Wildman–Crippen LogP) is 5.66. The Balaban J connectivity index is 1.85. The van der Waals surface area contributed by atoms with E-state index in [9.17, 15) is 0 Å². The molecule has 0 spiro atoms. The van der Waals surface area contributed by atoms with Crippen molar-refractivity contribution in [2.45, 2.75) is 12.8 Å². The van der Waals surface area contributed by atoms with Gasteiger partial charge < -0.3 is 4.74 Å². The third-order valence-corrected chi connectivity index (χ3v) is 3.73. The number of rotatable bonds is 4. The Labute approximate surface area is 130 Å². The molecule has 2 aromatic carbocycles. The SMILES string of the molecule is Clc1ccc(OCC2=CCCC=C2)c(-c2ccccc2)c1. The van der Waals surface area contributed by atoms with Crippen molar-refractivity contribution in [1.29, 1.82) is 0 Å². The van der Waals surface area contributed by atoms with Crippen LogP contribution in [0.5, 0.6) is 5.75 Å². The van der Waals surface area contributed by atoms with Crippen molar-refractivity contribution in [3.8, 4) is 16.9 Å². The van der Waals surface area contributed by atoms with Crippen LogP contribution < -0.4 is 4.74 Å². The topological polar surface area (TPSA) is 9.23 Å². The van der Waals surface area contributed by atoms with Gasteiger partial charge in [0.25, 0.3) is 0 Å². The van der Waals surface area contributed by atoms with Gasteiger partial charge in [0.1, 0.15) is 12.4 Å². The van der Waals surface area contributed by atoms with Gasteiger partial charge in [-0.25, -0.2) is 0 Å². The first kappa shape index (κ1) is 14.0. The van der Waals surface area contributed by atoms with Gasteiger partial charge in [0.15, 0.2) is 0 Å². The molecule has 2 aromatic rings. The molecule has 1 aliphatic rings.